The molecule has 2 aromatic heterocycles. The molecule has 0 aliphatic carbocycles. The van der Waals surface area contributed by atoms with Crippen LogP contribution in [0.3, 0.4) is 0 Å². The SMILES string of the molecule is CC1=C(N2CCO[C@@]3(C[C@H]4CC[C@@H](C3)N4CC(O)c3cnc(-n4cnnn4)cn3)C2=O)COC1=O. The standard InChI is InChI=1S/C22H26N8O5/c1-13-17(11-34-20(13)32)28-4-5-35-22(21(28)33)6-14-2-3-15(7-22)29(14)10-18(31)16-8-24-19(9-23-16)30-12-25-26-27-30/h8-9,12,14-15,18,31H,2-7,10-11H2,1H3/t14-,15+,18?,22-. The van der Waals surface area contributed by atoms with E-state index in [1.165, 1.54) is 23.4 Å². The number of carbonyl (C=O) groups is 2. The van der Waals surface area contributed by atoms with E-state index in [4.69, 9.17) is 9.47 Å². The zero-order valence-corrected chi connectivity index (χ0v) is 19.3. The monoisotopic (exact) mass is 482 g/mol. The topological polar surface area (TPSA) is 149 Å². The first kappa shape index (κ1) is 22.2. The lowest BCUT2D eigenvalue weighted by Gasteiger charge is -2.49. The number of fused-ring (bicyclic) bond motifs is 2. The van der Waals surface area contributed by atoms with E-state index in [2.05, 4.69) is 30.4 Å². The van der Waals surface area contributed by atoms with E-state index in [0.717, 1.165) is 12.8 Å². The van der Waals surface area contributed by atoms with Crippen LogP contribution in [0, 0.1) is 0 Å². The summed E-state index contributed by atoms with van der Waals surface area (Å²) in [5.74, 6) is 0.00650. The fourth-order valence-electron chi connectivity index (χ4n) is 5.82. The second-order valence-corrected chi connectivity index (χ2v) is 9.51. The fraction of sp³-hybridized carbons (Fsp3) is 0.591. The van der Waals surface area contributed by atoms with Gasteiger partial charge in [-0.2, -0.15) is 4.68 Å². The van der Waals surface area contributed by atoms with Crippen molar-refractivity contribution >= 4 is 11.9 Å². The molecule has 3 fully saturated rings. The highest BCUT2D eigenvalue weighted by atomic mass is 16.5. The van der Waals surface area contributed by atoms with Gasteiger partial charge in [-0.25, -0.2) is 9.78 Å². The molecule has 1 spiro atoms. The van der Waals surface area contributed by atoms with Crippen molar-refractivity contribution in [3.05, 3.63) is 35.7 Å². The molecule has 3 saturated heterocycles. The van der Waals surface area contributed by atoms with Crippen LogP contribution in [0.15, 0.2) is 30.0 Å². The Bertz CT molecular complexity index is 1150. The Morgan fingerprint density at radius 2 is 2.00 bits per heavy atom. The van der Waals surface area contributed by atoms with Gasteiger partial charge in [0.1, 0.15) is 24.6 Å². The normalized spacial score (nSPS) is 29.8. The summed E-state index contributed by atoms with van der Waals surface area (Å²) in [5, 5.41) is 21.8. The number of aromatic nitrogens is 6. The van der Waals surface area contributed by atoms with Gasteiger partial charge in [0, 0.05) is 38.0 Å². The first-order valence-electron chi connectivity index (χ1n) is 11.8. The molecule has 4 atom stereocenters. The van der Waals surface area contributed by atoms with Crippen molar-refractivity contribution in [3.63, 3.8) is 0 Å². The van der Waals surface area contributed by atoms with E-state index in [1.54, 1.807) is 11.8 Å². The van der Waals surface area contributed by atoms with Crippen molar-refractivity contribution in [2.75, 3.05) is 26.3 Å². The van der Waals surface area contributed by atoms with Gasteiger partial charge in [0.15, 0.2) is 5.82 Å². The lowest BCUT2D eigenvalue weighted by Crippen LogP contribution is -2.63. The minimum atomic E-state index is -0.905. The van der Waals surface area contributed by atoms with Crippen molar-refractivity contribution < 1.29 is 24.2 Å². The van der Waals surface area contributed by atoms with Crippen LogP contribution >= 0.6 is 0 Å². The Hall–Kier alpha value is -3.29. The number of tetrazole rings is 1. The van der Waals surface area contributed by atoms with Gasteiger partial charge >= 0.3 is 5.97 Å². The summed E-state index contributed by atoms with van der Waals surface area (Å²) in [5.41, 5.74) is 0.700. The van der Waals surface area contributed by atoms with Crippen molar-refractivity contribution in [3.8, 4) is 5.82 Å². The average molecular weight is 483 g/mol. The summed E-state index contributed by atoms with van der Waals surface area (Å²) in [6.45, 7) is 3.06. The Balaban J connectivity index is 1.16. The van der Waals surface area contributed by atoms with Gasteiger partial charge in [-0.3, -0.25) is 14.7 Å². The lowest BCUT2D eigenvalue weighted by molar-refractivity contribution is -0.182. The number of ether oxygens (including phenoxy) is 2. The summed E-state index contributed by atoms with van der Waals surface area (Å²) in [6.07, 6.45) is 6.62. The maximum Gasteiger partial charge on any atom is 0.336 e. The Morgan fingerprint density at radius 1 is 1.20 bits per heavy atom. The van der Waals surface area contributed by atoms with Gasteiger partial charge in [0.05, 0.1) is 36.0 Å². The zero-order chi connectivity index (χ0) is 24.2. The second kappa shape index (κ2) is 8.43. The molecular weight excluding hydrogens is 456 g/mol. The molecule has 184 valence electrons. The van der Waals surface area contributed by atoms with Gasteiger partial charge in [-0.05, 0) is 30.2 Å². The largest absolute Gasteiger partial charge is 0.456 e. The molecule has 6 rings (SSSR count). The molecule has 13 nitrogen and oxygen atoms in total. The maximum atomic E-state index is 13.6. The highest BCUT2D eigenvalue weighted by Crippen LogP contribution is 2.45. The van der Waals surface area contributed by atoms with Crippen molar-refractivity contribution in [2.45, 2.75) is 56.4 Å². The number of nitrogens with zero attached hydrogens (tertiary/aromatic N) is 8. The number of aliphatic hydroxyl groups is 1. The molecule has 4 aliphatic heterocycles. The Labute approximate surface area is 200 Å². The minimum Gasteiger partial charge on any atom is -0.456 e. The number of esters is 1. The summed E-state index contributed by atoms with van der Waals surface area (Å²) >= 11 is 0. The number of morpholine rings is 1. The molecular formula is C22H26N8O5. The van der Waals surface area contributed by atoms with Gasteiger partial charge in [0.2, 0.25) is 0 Å². The molecule has 2 aromatic rings. The third-order valence-corrected chi connectivity index (χ3v) is 7.60. The molecule has 4 aliphatic rings. The number of carbonyl (C=O) groups excluding carboxylic acids is 2. The minimum absolute atomic E-state index is 0.0856. The Morgan fingerprint density at radius 3 is 2.63 bits per heavy atom. The summed E-state index contributed by atoms with van der Waals surface area (Å²) < 4.78 is 12.7. The Kier molecular flexibility index (Phi) is 5.34. The van der Waals surface area contributed by atoms with Gasteiger partial charge in [0.25, 0.3) is 5.91 Å². The number of hydrogen-bond donors (Lipinski definition) is 1. The first-order valence-corrected chi connectivity index (χ1v) is 11.8. The van der Waals surface area contributed by atoms with Crippen molar-refractivity contribution in [2.24, 2.45) is 0 Å². The number of hydrogen-bond acceptors (Lipinski definition) is 11. The van der Waals surface area contributed by atoms with E-state index in [0.29, 0.717) is 55.3 Å². The van der Waals surface area contributed by atoms with Crippen molar-refractivity contribution in [1.82, 2.24) is 40.0 Å². The smallest absolute Gasteiger partial charge is 0.336 e. The van der Waals surface area contributed by atoms with Crippen LogP contribution < -0.4 is 0 Å². The van der Waals surface area contributed by atoms with Crippen LogP contribution in [0.5, 0.6) is 0 Å². The number of rotatable bonds is 5. The van der Waals surface area contributed by atoms with Gasteiger partial charge in [-0.15, -0.1) is 5.10 Å². The number of amides is 1. The van der Waals surface area contributed by atoms with E-state index in [-0.39, 0.29) is 30.6 Å². The van der Waals surface area contributed by atoms with Crippen LogP contribution in [0.1, 0.15) is 44.4 Å². The third-order valence-electron chi connectivity index (χ3n) is 7.60. The highest BCUT2D eigenvalue weighted by Gasteiger charge is 2.56. The summed E-state index contributed by atoms with van der Waals surface area (Å²) in [6, 6.07) is 0.217. The van der Waals surface area contributed by atoms with E-state index < -0.39 is 11.7 Å². The van der Waals surface area contributed by atoms with Crippen LogP contribution in [-0.4, -0.2) is 101 Å². The molecule has 1 unspecified atom stereocenters. The van der Waals surface area contributed by atoms with E-state index in [1.807, 2.05) is 0 Å². The number of piperidine rings is 1. The molecule has 0 radical (unpaired) electrons. The first-order chi connectivity index (χ1) is 16.9. The molecule has 2 bridgehead atoms. The van der Waals surface area contributed by atoms with Crippen LogP contribution in [0.4, 0.5) is 0 Å². The van der Waals surface area contributed by atoms with Crippen LogP contribution in [0.25, 0.3) is 5.82 Å². The lowest BCUT2D eigenvalue weighted by atomic mass is 9.83. The number of cyclic esters (lactones) is 1. The second-order valence-electron chi connectivity index (χ2n) is 9.51. The highest BCUT2D eigenvalue weighted by molar-refractivity contribution is 5.94. The summed E-state index contributed by atoms with van der Waals surface area (Å²) in [4.78, 5) is 38.1. The van der Waals surface area contributed by atoms with Gasteiger partial charge in [-0.1, -0.05) is 0 Å². The predicted molar refractivity (Wildman–Crippen MR) is 117 cm³/mol. The maximum absolute atomic E-state index is 13.6. The number of aliphatic hydroxyl groups excluding tert-OH is 1. The predicted octanol–water partition coefficient (Wildman–Crippen LogP) is -0.459. The third kappa shape index (κ3) is 3.70. The van der Waals surface area contributed by atoms with E-state index in [9.17, 15) is 14.7 Å². The van der Waals surface area contributed by atoms with Crippen LogP contribution in [0.2, 0.25) is 0 Å². The molecule has 1 N–H and O–H groups in total. The summed E-state index contributed by atoms with van der Waals surface area (Å²) in [7, 11) is 0. The van der Waals surface area contributed by atoms with Gasteiger partial charge < -0.3 is 19.5 Å². The molecule has 0 aromatic carbocycles. The molecule has 1 amide bonds. The molecule has 0 saturated carbocycles. The zero-order valence-electron chi connectivity index (χ0n) is 19.3. The van der Waals surface area contributed by atoms with Crippen molar-refractivity contribution in [1.29, 1.82) is 0 Å². The molecule has 6 heterocycles. The molecule has 13 heteroatoms. The molecule has 35 heavy (non-hydrogen) atoms. The quantitative estimate of drug-likeness (QED) is 0.552. The fourth-order valence-corrected chi connectivity index (χ4v) is 5.82. The van der Waals surface area contributed by atoms with Crippen LogP contribution in [-0.2, 0) is 19.1 Å². The van der Waals surface area contributed by atoms with E-state index >= 15 is 0 Å². The average Bonchev–Trinajstić information content (AvgIpc) is 3.57.